The molecule has 2 aromatic rings. The Morgan fingerprint density at radius 3 is 2.40 bits per heavy atom. The molecule has 0 radical (unpaired) electrons. The molecule has 0 amide bonds. The highest BCUT2D eigenvalue weighted by Crippen LogP contribution is 2.25. The topological polar surface area (TPSA) is 53.1 Å². The van der Waals surface area contributed by atoms with E-state index in [9.17, 15) is 0 Å². The van der Waals surface area contributed by atoms with Crippen LogP contribution < -0.4 is 15.5 Å². The van der Waals surface area contributed by atoms with E-state index in [1.807, 2.05) is 13.0 Å². The smallest absolute Gasteiger partial charge is 0.229 e. The Labute approximate surface area is 151 Å². The summed E-state index contributed by atoms with van der Waals surface area (Å²) in [7, 11) is 0. The van der Waals surface area contributed by atoms with Crippen molar-refractivity contribution >= 4 is 23.1 Å². The first kappa shape index (κ1) is 19.0. The molecular formula is C20H31N5. The molecule has 1 heterocycles. The first-order valence-corrected chi connectivity index (χ1v) is 9.29. The lowest BCUT2D eigenvalue weighted by atomic mass is 10.1. The Kier molecular flexibility index (Phi) is 7.04. The van der Waals surface area contributed by atoms with Crippen molar-refractivity contribution in [1.29, 1.82) is 0 Å². The van der Waals surface area contributed by atoms with E-state index in [2.05, 4.69) is 71.4 Å². The Balaban J connectivity index is 2.16. The van der Waals surface area contributed by atoms with Crippen LogP contribution in [-0.4, -0.2) is 29.6 Å². The average molecular weight is 342 g/mol. The predicted molar refractivity (Wildman–Crippen MR) is 108 cm³/mol. The number of aromatic nitrogens is 2. The zero-order chi connectivity index (χ0) is 18.2. The summed E-state index contributed by atoms with van der Waals surface area (Å²) in [5.74, 6) is 1.51. The number of nitrogens with zero attached hydrogens (tertiary/aromatic N) is 3. The van der Waals surface area contributed by atoms with Gasteiger partial charge in [-0.05, 0) is 57.9 Å². The number of rotatable bonds is 9. The van der Waals surface area contributed by atoms with Gasteiger partial charge in [-0.3, -0.25) is 0 Å². The van der Waals surface area contributed by atoms with E-state index in [1.165, 1.54) is 17.7 Å². The van der Waals surface area contributed by atoms with Gasteiger partial charge in [0.05, 0.1) is 0 Å². The molecule has 136 valence electrons. The lowest BCUT2D eigenvalue weighted by Gasteiger charge is -2.22. The second-order valence-electron chi connectivity index (χ2n) is 6.30. The summed E-state index contributed by atoms with van der Waals surface area (Å²) in [5, 5.41) is 6.73. The van der Waals surface area contributed by atoms with Gasteiger partial charge < -0.3 is 15.5 Å². The van der Waals surface area contributed by atoms with Crippen molar-refractivity contribution in [2.75, 3.05) is 35.2 Å². The molecule has 2 rings (SSSR count). The Bertz CT molecular complexity index is 680. The van der Waals surface area contributed by atoms with Crippen molar-refractivity contribution in [3.8, 4) is 0 Å². The maximum Gasteiger partial charge on any atom is 0.229 e. The van der Waals surface area contributed by atoms with E-state index in [1.54, 1.807) is 0 Å². The monoisotopic (exact) mass is 341 g/mol. The zero-order valence-corrected chi connectivity index (χ0v) is 16.2. The molecule has 0 aliphatic heterocycles. The third-order valence-corrected chi connectivity index (χ3v) is 4.28. The molecule has 5 nitrogen and oxygen atoms in total. The average Bonchev–Trinajstić information content (AvgIpc) is 2.58. The molecule has 0 bridgehead atoms. The molecule has 0 spiro atoms. The fourth-order valence-corrected chi connectivity index (χ4v) is 2.80. The predicted octanol–water partition coefficient (Wildman–Crippen LogP) is 4.90. The zero-order valence-electron chi connectivity index (χ0n) is 16.2. The van der Waals surface area contributed by atoms with Crippen LogP contribution in [0.15, 0.2) is 24.3 Å². The van der Waals surface area contributed by atoms with Crippen LogP contribution in [-0.2, 0) is 0 Å². The van der Waals surface area contributed by atoms with Crippen LogP contribution in [0, 0.1) is 13.8 Å². The summed E-state index contributed by atoms with van der Waals surface area (Å²) in [5.41, 5.74) is 4.44. The number of benzene rings is 1. The normalized spacial score (nSPS) is 10.6. The van der Waals surface area contributed by atoms with E-state index in [-0.39, 0.29) is 0 Å². The van der Waals surface area contributed by atoms with Crippen LogP contribution in [0.5, 0.6) is 0 Å². The van der Waals surface area contributed by atoms with E-state index in [0.29, 0.717) is 5.95 Å². The van der Waals surface area contributed by atoms with E-state index < -0.39 is 0 Å². The van der Waals surface area contributed by atoms with Gasteiger partial charge in [0.2, 0.25) is 5.95 Å². The maximum absolute atomic E-state index is 4.59. The van der Waals surface area contributed by atoms with Crippen molar-refractivity contribution in [3.63, 3.8) is 0 Å². The molecule has 2 N–H and O–H groups in total. The van der Waals surface area contributed by atoms with Gasteiger partial charge in [0.1, 0.15) is 5.82 Å². The van der Waals surface area contributed by atoms with Crippen LogP contribution in [0.4, 0.5) is 23.1 Å². The largest absolute Gasteiger partial charge is 0.372 e. The van der Waals surface area contributed by atoms with Gasteiger partial charge in [-0.1, -0.05) is 13.3 Å². The van der Waals surface area contributed by atoms with Gasteiger partial charge in [-0.2, -0.15) is 4.98 Å². The van der Waals surface area contributed by atoms with Gasteiger partial charge in [0, 0.05) is 42.8 Å². The molecule has 0 saturated carbocycles. The van der Waals surface area contributed by atoms with Crippen molar-refractivity contribution in [2.45, 2.75) is 47.5 Å². The number of anilines is 4. The fourth-order valence-electron chi connectivity index (χ4n) is 2.80. The minimum absolute atomic E-state index is 0.637. The summed E-state index contributed by atoms with van der Waals surface area (Å²) in [6.07, 6.45) is 2.30. The first-order chi connectivity index (χ1) is 12.1. The molecule has 0 fully saturated rings. The standard InChI is InChI=1S/C20H31N5/c1-6-9-12-21-19-14-16(5)22-20(24-19)23-18-11-10-17(13-15(18)4)25(7-2)8-3/h10-11,13-14H,6-9,12H2,1-5H3,(H2,21,22,23,24). The van der Waals surface area contributed by atoms with Crippen molar-refractivity contribution < 1.29 is 0 Å². The summed E-state index contributed by atoms with van der Waals surface area (Å²) < 4.78 is 0. The quantitative estimate of drug-likeness (QED) is 0.636. The van der Waals surface area contributed by atoms with E-state index >= 15 is 0 Å². The van der Waals surface area contributed by atoms with Gasteiger partial charge in [0.15, 0.2) is 0 Å². The summed E-state index contributed by atoms with van der Waals surface area (Å²) in [4.78, 5) is 11.4. The second-order valence-corrected chi connectivity index (χ2v) is 6.30. The van der Waals surface area contributed by atoms with Gasteiger partial charge in [-0.25, -0.2) is 4.98 Å². The lowest BCUT2D eigenvalue weighted by molar-refractivity contribution is 0.830. The second kappa shape index (κ2) is 9.25. The third-order valence-electron chi connectivity index (χ3n) is 4.28. The fraction of sp³-hybridized carbons (Fsp3) is 0.500. The third kappa shape index (κ3) is 5.34. The Morgan fingerprint density at radius 2 is 1.76 bits per heavy atom. The molecule has 0 saturated heterocycles. The van der Waals surface area contributed by atoms with Crippen LogP contribution in [0.3, 0.4) is 0 Å². The van der Waals surface area contributed by atoms with Crippen molar-refractivity contribution in [2.24, 2.45) is 0 Å². The summed E-state index contributed by atoms with van der Waals surface area (Å²) in [6.45, 7) is 13.6. The lowest BCUT2D eigenvalue weighted by Crippen LogP contribution is -2.21. The van der Waals surface area contributed by atoms with Crippen LogP contribution in [0.2, 0.25) is 0 Å². The number of hydrogen-bond donors (Lipinski definition) is 2. The highest BCUT2D eigenvalue weighted by Gasteiger charge is 2.07. The number of hydrogen-bond acceptors (Lipinski definition) is 5. The van der Waals surface area contributed by atoms with E-state index in [4.69, 9.17) is 0 Å². The number of nitrogens with one attached hydrogen (secondary N) is 2. The van der Waals surface area contributed by atoms with Gasteiger partial charge >= 0.3 is 0 Å². The molecule has 1 aromatic heterocycles. The maximum atomic E-state index is 4.59. The molecule has 25 heavy (non-hydrogen) atoms. The molecular weight excluding hydrogens is 310 g/mol. The highest BCUT2D eigenvalue weighted by molar-refractivity contribution is 5.64. The minimum atomic E-state index is 0.637. The van der Waals surface area contributed by atoms with Gasteiger partial charge in [-0.15, -0.1) is 0 Å². The van der Waals surface area contributed by atoms with E-state index in [0.717, 1.165) is 43.3 Å². The molecule has 5 heteroatoms. The minimum Gasteiger partial charge on any atom is -0.372 e. The SMILES string of the molecule is CCCCNc1cc(C)nc(Nc2ccc(N(CC)CC)cc2C)n1. The highest BCUT2D eigenvalue weighted by atomic mass is 15.1. The Morgan fingerprint density at radius 1 is 1.00 bits per heavy atom. The van der Waals surface area contributed by atoms with Crippen LogP contribution >= 0.6 is 0 Å². The Hall–Kier alpha value is -2.30. The molecule has 0 atom stereocenters. The molecule has 0 aliphatic rings. The molecule has 0 aliphatic carbocycles. The number of unbranched alkanes of at least 4 members (excludes halogenated alkanes) is 1. The van der Waals surface area contributed by atoms with Crippen LogP contribution in [0.1, 0.15) is 44.9 Å². The molecule has 0 unspecified atom stereocenters. The summed E-state index contributed by atoms with van der Waals surface area (Å²) in [6, 6.07) is 8.46. The first-order valence-electron chi connectivity index (χ1n) is 9.29. The van der Waals surface area contributed by atoms with Crippen molar-refractivity contribution in [3.05, 3.63) is 35.5 Å². The van der Waals surface area contributed by atoms with Crippen molar-refractivity contribution in [1.82, 2.24) is 9.97 Å². The van der Waals surface area contributed by atoms with Gasteiger partial charge in [0.25, 0.3) is 0 Å². The summed E-state index contributed by atoms with van der Waals surface area (Å²) >= 11 is 0. The molecule has 1 aromatic carbocycles. The number of aryl methyl sites for hydroxylation is 2. The van der Waals surface area contributed by atoms with Crippen LogP contribution in [0.25, 0.3) is 0 Å².